The number of carbonyl (C=O) groups is 3. The Bertz CT molecular complexity index is 602. The van der Waals surface area contributed by atoms with Crippen molar-refractivity contribution in [3.63, 3.8) is 0 Å². The number of carbonyl (C=O) groups excluding carboxylic acids is 3. The number of ether oxygens (including phenoxy) is 2. The second-order valence-electron chi connectivity index (χ2n) is 5.93. The molecule has 0 saturated heterocycles. The number of hydrogen-bond acceptors (Lipinski definition) is 5. The summed E-state index contributed by atoms with van der Waals surface area (Å²) in [4.78, 5) is 36.7. The van der Waals surface area contributed by atoms with Crippen molar-refractivity contribution in [3.8, 4) is 0 Å². The van der Waals surface area contributed by atoms with Gasteiger partial charge >= 0.3 is 18.0 Å². The maximum absolute atomic E-state index is 12.2. The highest BCUT2D eigenvalue weighted by molar-refractivity contribution is 6.35. The SMILES string of the molecule is CCOC(=O)C(=O)N(C/C=C/c1ccccc1)C(=O)OC(C)(C)C. The molecule has 0 bridgehead atoms. The van der Waals surface area contributed by atoms with E-state index in [-0.39, 0.29) is 13.2 Å². The Morgan fingerprint density at radius 3 is 2.29 bits per heavy atom. The highest BCUT2D eigenvalue weighted by Gasteiger charge is 2.31. The minimum Gasteiger partial charge on any atom is -0.459 e. The summed E-state index contributed by atoms with van der Waals surface area (Å²) in [5.74, 6) is -2.14. The van der Waals surface area contributed by atoms with E-state index in [1.54, 1.807) is 39.8 Å². The molecular weight excluding hydrogens is 310 g/mol. The molecule has 0 aromatic heterocycles. The van der Waals surface area contributed by atoms with Crippen molar-refractivity contribution < 1.29 is 23.9 Å². The molecule has 0 saturated carbocycles. The third-order valence-electron chi connectivity index (χ3n) is 2.71. The number of hydrogen-bond donors (Lipinski definition) is 0. The van der Waals surface area contributed by atoms with E-state index in [4.69, 9.17) is 4.74 Å². The maximum atomic E-state index is 12.2. The van der Waals surface area contributed by atoms with Crippen LogP contribution in [-0.4, -0.2) is 41.6 Å². The second kappa shape index (κ2) is 8.86. The zero-order valence-corrected chi connectivity index (χ0v) is 14.4. The monoisotopic (exact) mass is 333 g/mol. The first-order valence-corrected chi connectivity index (χ1v) is 7.67. The Morgan fingerprint density at radius 2 is 1.75 bits per heavy atom. The third kappa shape index (κ3) is 6.64. The van der Waals surface area contributed by atoms with Crippen LogP contribution >= 0.6 is 0 Å². The van der Waals surface area contributed by atoms with Crippen molar-refractivity contribution in [2.45, 2.75) is 33.3 Å². The number of esters is 1. The van der Waals surface area contributed by atoms with E-state index in [0.717, 1.165) is 10.5 Å². The molecule has 0 aliphatic heterocycles. The van der Waals surface area contributed by atoms with E-state index in [1.807, 2.05) is 30.3 Å². The molecule has 0 fully saturated rings. The van der Waals surface area contributed by atoms with E-state index in [1.165, 1.54) is 0 Å². The Kier molecular flexibility index (Phi) is 7.17. The molecule has 1 aromatic rings. The van der Waals surface area contributed by atoms with Crippen LogP contribution < -0.4 is 0 Å². The molecule has 2 amide bonds. The molecule has 0 spiro atoms. The predicted molar refractivity (Wildman–Crippen MR) is 90.1 cm³/mol. The van der Waals surface area contributed by atoms with Gasteiger partial charge in [0.05, 0.1) is 13.2 Å². The summed E-state index contributed by atoms with van der Waals surface area (Å²) >= 11 is 0. The van der Waals surface area contributed by atoms with Crippen molar-refractivity contribution in [3.05, 3.63) is 42.0 Å². The molecule has 1 rings (SSSR count). The first-order chi connectivity index (χ1) is 11.2. The minimum atomic E-state index is -1.09. The fourth-order valence-corrected chi connectivity index (χ4v) is 1.72. The normalized spacial score (nSPS) is 11.2. The summed E-state index contributed by atoms with van der Waals surface area (Å²) in [5, 5.41) is 0. The Labute approximate surface area is 142 Å². The Hall–Kier alpha value is -2.63. The van der Waals surface area contributed by atoms with Gasteiger partial charge in [-0.25, -0.2) is 14.5 Å². The number of nitrogens with zero attached hydrogens (tertiary/aromatic N) is 1. The lowest BCUT2D eigenvalue weighted by Gasteiger charge is -2.24. The first kappa shape index (κ1) is 19.4. The molecule has 130 valence electrons. The van der Waals surface area contributed by atoms with Gasteiger partial charge in [0.15, 0.2) is 0 Å². The van der Waals surface area contributed by atoms with Crippen LogP contribution in [0.2, 0.25) is 0 Å². The van der Waals surface area contributed by atoms with E-state index in [9.17, 15) is 14.4 Å². The van der Waals surface area contributed by atoms with Crippen molar-refractivity contribution in [2.75, 3.05) is 13.2 Å². The highest BCUT2D eigenvalue weighted by atomic mass is 16.6. The third-order valence-corrected chi connectivity index (χ3v) is 2.71. The van der Waals surface area contributed by atoms with Crippen molar-refractivity contribution in [1.82, 2.24) is 4.90 Å². The van der Waals surface area contributed by atoms with Gasteiger partial charge in [-0.3, -0.25) is 4.79 Å². The van der Waals surface area contributed by atoms with Gasteiger partial charge in [0.1, 0.15) is 5.60 Å². The molecule has 0 heterocycles. The van der Waals surface area contributed by atoms with Gasteiger partial charge in [-0.15, -0.1) is 0 Å². The lowest BCUT2D eigenvalue weighted by atomic mass is 10.2. The molecule has 6 nitrogen and oxygen atoms in total. The van der Waals surface area contributed by atoms with Crippen molar-refractivity contribution in [2.24, 2.45) is 0 Å². The Morgan fingerprint density at radius 1 is 1.12 bits per heavy atom. The molecule has 0 aliphatic carbocycles. The second-order valence-corrected chi connectivity index (χ2v) is 5.93. The Balaban J connectivity index is 2.88. The van der Waals surface area contributed by atoms with Crippen LogP contribution in [0, 0.1) is 0 Å². The van der Waals surface area contributed by atoms with Crippen LogP contribution in [0.15, 0.2) is 36.4 Å². The molecule has 24 heavy (non-hydrogen) atoms. The average Bonchev–Trinajstić information content (AvgIpc) is 2.50. The summed E-state index contributed by atoms with van der Waals surface area (Å²) in [7, 11) is 0. The zero-order valence-electron chi connectivity index (χ0n) is 14.4. The number of benzene rings is 1. The lowest BCUT2D eigenvalue weighted by molar-refractivity contribution is -0.159. The largest absolute Gasteiger partial charge is 0.459 e. The minimum absolute atomic E-state index is 0.0482. The molecular formula is C18H23NO5. The summed E-state index contributed by atoms with van der Waals surface area (Å²) in [6.07, 6.45) is 2.46. The van der Waals surface area contributed by atoms with Crippen molar-refractivity contribution in [1.29, 1.82) is 0 Å². The number of rotatable bonds is 4. The predicted octanol–water partition coefficient (Wildman–Crippen LogP) is 3.03. The van der Waals surface area contributed by atoms with Crippen LogP contribution in [0.25, 0.3) is 6.08 Å². The van der Waals surface area contributed by atoms with E-state index in [0.29, 0.717) is 0 Å². The quantitative estimate of drug-likeness (QED) is 0.625. The molecule has 0 aliphatic rings. The highest BCUT2D eigenvalue weighted by Crippen LogP contribution is 2.11. The van der Waals surface area contributed by atoms with Gasteiger partial charge in [0, 0.05) is 0 Å². The number of imide groups is 1. The summed E-state index contributed by atoms with van der Waals surface area (Å²) in [6, 6.07) is 9.38. The van der Waals surface area contributed by atoms with Gasteiger partial charge in [0.2, 0.25) is 0 Å². The number of amides is 2. The fourth-order valence-electron chi connectivity index (χ4n) is 1.72. The summed E-state index contributed by atoms with van der Waals surface area (Å²) in [5.41, 5.74) is 0.123. The van der Waals surface area contributed by atoms with Crippen molar-refractivity contribution >= 4 is 24.0 Å². The standard InChI is InChI=1S/C18H23NO5/c1-5-23-16(21)15(20)19(17(22)24-18(2,3)4)13-9-12-14-10-7-6-8-11-14/h6-12H,5,13H2,1-4H3/b12-9+. The smallest absolute Gasteiger partial charge is 0.417 e. The molecule has 0 unspecified atom stereocenters. The fraction of sp³-hybridized carbons (Fsp3) is 0.389. The van der Waals surface area contributed by atoms with Gasteiger partial charge < -0.3 is 9.47 Å². The van der Waals surface area contributed by atoms with Gasteiger partial charge in [-0.05, 0) is 33.3 Å². The van der Waals surface area contributed by atoms with Crippen LogP contribution in [0.4, 0.5) is 4.79 Å². The molecule has 0 atom stereocenters. The average molecular weight is 333 g/mol. The molecule has 1 aromatic carbocycles. The summed E-state index contributed by atoms with van der Waals surface area (Å²) < 4.78 is 9.84. The van der Waals surface area contributed by atoms with Crippen LogP contribution in [0.1, 0.15) is 33.3 Å². The van der Waals surface area contributed by atoms with Crippen LogP contribution in [0.5, 0.6) is 0 Å². The zero-order chi connectivity index (χ0) is 18.2. The van der Waals surface area contributed by atoms with Gasteiger partial charge in [-0.2, -0.15) is 0 Å². The molecule has 6 heteroatoms. The maximum Gasteiger partial charge on any atom is 0.417 e. The van der Waals surface area contributed by atoms with E-state index in [2.05, 4.69) is 4.74 Å². The van der Waals surface area contributed by atoms with Gasteiger partial charge in [0.25, 0.3) is 0 Å². The first-order valence-electron chi connectivity index (χ1n) is 7.67. The summed E-state index contributed by atoms with van der Waals surface area (Å²) in [6.45, 7) is 6.57. The molecule has 0 radical (unpaired) electrons. The van der Waals surface area contributed by atoms with Crippen LogP contribution in [0.3, 0.4) is 0 Å². The van der Waals surface area contributed by atoms with Crippen LogP contribution in [-0.2, 0) is 19.1 Å². The van der Waals surface area contributed by atoms with E-state index < -0.39 is 23.6 Å². The lowest BCUT2D eigenvalue weighted by Crippen LogP contribution is -2.44. The molecule has 0 N–H and O–H groups in total. The van der Waals surface area contributed by atoms with Gasteiger partial charge in [-0.1, -0.05) is 42.5 Å². The topological polar surface area (TPSA) is 72.9 Å². The van der Waals surface area contributed by atoms with E-state index >= 15 is 0 Å².